The van der Waals surface area contributed by atoms with E-state index in [1.807, 2.05) is 24.3 Å². The fourth-order valence-electron chi connectivity index (χ4n) is 1.77. The Balaban J connectivity index is 2.27. The quantitative estimate of drug-likeness (QED) is 0.774. The van der Waals surface area contributed by atoms with Gasteiger partial charge in [-0.3, -0.25) is 0 Å². The Morgan fingerprint density at radius 1 is 0.947 bits per heavy atom. The molecule has 0 bridgehead atoms. The molecular weight excluding hydrogens is 366 g/mol. The number of benzene rings is 2. The molecule has 0 aliphatic carbocycles. The Bertz CT molecular complexity index is 564. The van der Waals surface area contributed by atoms with Gasteiger partial charge in [-0.05, 0) is 58.0 Å². The third kappa shape index (κ3) is 3.48. The minimum absolute atomic E-state index is 0.419. The van der Waals surface area contributed by atoms with Gasteiger partial charge in [-0.1, -0.05) is 24.3 Å². The standard InChI is InChI=1S/C14H11F3IN/c15-14(16,17)11-6-4-9(5-7-11)13(19)10-2-1-3-12(18)8-10/h1-8,13H,19H2. The van der Waals surface area contributed by atoms with Crippen LogP contribution < -0.4 is 5.73 Å². The number of hydrogen-bond acceptors (Lipinski definition) is 1. The van der Waals surface area contributed by atoms with E-state index in [2.05, 4.69) is 22.6 Å². The zero-order chi connectivity index (χ0) is 14.0. The highest BCUT2D eigenvalue weighted by molar-refractivity contribution is 14.1. The minimum Gasteiger partial charge on any atom is -0.320 e. The predicted octanol–water partition coefficient (Wildman–Crippen LogP) is 4.36. The van der Waals surface area contributed by atoms with Crippen molar-refractivity contribution in [1.82, 2.24) is 0 Å². The van der Waals surface area contributed by atoms with Gasteiger partial charge in [0.15, 0.2) is 0 Å². The smallest absolute Gasteiger partial charge is 0.320 e. The molecular formula is C14H11F3IN. The fraction of sp³-hybridized carbons (Fsp3) is 0.143. The molecule has 2 aromatic carbocycles. The third-order valence-electron chi connectivity index (χ3n) is 2.80. The second-order valence-corrected chi connectivity index (χ2v) is 5.40. The maximum Gasteiger partial charge on any atom is 0.416 e. The molecule has 5 heteroatoms. The molecule has 0 aliphatic rings. The second-order valence-electron chi connectivity index (χ2n) is 4.15. The maximum absolute atomic E-state index is 12.5. The van der Waals surface area contributed by atoms with E-state index in [-0.39, 0.29) is 0 Å². The van der Waals surface area contributed by atoms with E-state index in [4.69, 9.17) is 5.73 Å². The van der Waals surface area contributed by atoms with Crippen LogP contribution in [0.25, 0.3) is 0 Å². The lowest BCUT2D eigenvalue weighted by atomic mass is 9.98. The van der Waals surface area contributed by atoms with Crippen molar-refractivity contribution in [1.29, 1.82) is 0 Å². The van der Waals surface area contributed by atoms with E-state index in [0.29, 0.717) is 5.56 Å². The summed E-state index contributed by atoms with van der Waals surface area (Å²) in [5, 5.41) is 0. The molecule has 2 N–H and O–H groups in total. The monoisotopic (exact) mass is 377 g/mol. The van der Waals surface area contributed by atoms with Crippen LogP contribution in [-0.2, 0) is 6.18 Å². The summed E-state index contributed by atoms with van der Waals surface area (Å²) < 4.78 is 38.4. The number of halogens is 4. The van der Waals surface area contributed by atoms with E-state index < -0.39 is 17.8 Å². The first-order valence-electron chi connectivity index (χ1n) is 5.56. The van der Waals surface area contributed by atoms with Crippen LogP contribution in [0.3, 0.4) is 0 Å². The first-order chi connectivity index (χ1) is 8.88. The Labute approximate surface area is 122 Å². The molecule has 0 amide bonds. The molecule has 19 heavy (non-hydrogen) atoms. The highest BCUT2D eigenvalue weighted by Gasteiger charge is 2.30. The lowest BCUT2D eigenvalue weighted by molar-refractivity contribution is -0.137. The van der Waals surface area contributed by atoms with Crippen molar-refractivity contribution in [3.05, 3.63) is 68.8 Å². The Morgan fingerprint density at radius 2 is 1.58 bits per heavy atom. The van der Waals surface area contributed by atoms with Gasteiger partial charge in [0, 0.05) is 3.57 Å². The molecule has 0 spiro atoms. The van der Waals surface area contributed by atoms with Crippen LogP contribution in [0.4, 0.5) is 13.2 Å². The van der Waals surface area contributed by atoms with Crippen LogP contribution in [0, 0.1) is 3.57 Å². The zero-order valence-corrected chi connectivity index (χ0v) is 11.9. The van der Waals surface area contributed by atoms with Gasteiger partial charge in [-0.15, -0.1) is 0 Å². The van der Waals surface area contributed by atoms with Gasteiger partial charge in [0.05, 0.1) is 11.6 Å². The summed E-state index contributed by atoms with van der Waals surface area (Å²) in [6, 6.07) is 12.1. The molecule has 0 fully saturated rings. The minimum atomic E-state index is -4.31. The second kappa shape index (κ2) is 5.50. The molecule has 0 aromatic heterocycles. The van der Waals surface area contributed by atoms with Crippen LogP contribution in [0.5, 0.6) is 0 Å². The van der Waals surface area contributed by atoms with E-state index in [9.17, 15) is 13.2 Å². The van der Waals surface area contributed by atoms with Gasteiger partial charge in [0.1, 0.15) is 0 Å². The summed E-state index contributed by atoms with van der Waals surface area (Å²) in [5.41, 5.74) is 6.94. The van der Waals surface area contributed by atoms with E-state index in [1.54, 1.807) is 0 Å². The zero-order valence-electron chi connectivity index (χ0n) is 9.79. The van der Waals surface area contributed by atoms with E-state index >= 15 is 0 Å². The van der Waals surface area contributed by atoms with Gasteiger partial charge >= 0.3 is 6.18 Å². The van der Waals surface area contributed by atoms with Crippen molar-refractivity contribution >= 4 is 22.6 Å². The summed E-state index contributed by atoms with van der Waals surface area (Å²) in [7, 11) is 0. The Kier molecular flexibility index (Phi) is 4.15. The average Bonchev–Trinajstić information content (AvgIpc) is 2.37. The molecule has 0 saturated heterocycles. The van der Waals surface area contributed by atoms with Crippen molar-refractivity contribution in [3.63, 3.8) is 0 Å². The van der Waals surface area contributed by atoms with Crippen molar-refractivity contribution in [2.75, 3.05) is 0 Å². The molecule has 2 rings (SSSR count). The highest BCUT2D eigenvalue weighted by Crippen LogP contribution is 2.30. The molecule has 1 atom stereocenters. The molecule has 2 aromatic rings. The lowest BCUT2D eigenvalue weighted by Gasteiger charge is -2.14. The summed E-state index contributed by atoms with van der Waals surface area (Å²) in [6.45, 7) is 0. The van der Waals surface area contributed by atoms with Crippen LogP contribution in [-0.4, -0.2) is 0 Å². The first kappa shape index (κ1) is 14.3. The highest BCUT2D eigenvalue weighted by atomic mass is 127. The van der Waals surface area contributed by atoms with Crippen molar-refractivity contribution in [2.24, 2.45) is 5.73 Å². The Hall–Kier alpha value is -1.08. The summed E-state index contributed by atoms with van der Waals surface area (Å²) in [4.78, 5) is 0. The van der Waals surface area contributed by atoms with Gasteiger partial charge in [-0.2, -0.15) is 13.2 Å². The van der Waals surface area contributed by atoms with Crippen molar-refractivity contribution < 1.29 is 13.2 Å². The average molecular weight is 377 g/mol. The van der Waals surface area contributed by atoms with Crippen LogP contribution in [0.1, 0.15) is 22.7 Å². The van der Waals surface area contributed by atoms with Gasteiger partial charge in [0.25, 0.3) is 0 Å². The lowest BCUT2D eigenvalue weighted by Crippen LogP contribution is -2.12. The van der Waals surface area contributed by atoms with Gasteiger partial charge < -0.3 is 5.73 Å². The van der Waals surface area contributed by atoms with E-state index in [1.165, 1.54) is 12.1 Å². The van der Waals surface area contributed by atoms with Crippen LogP contribution in [0.15, 0.2) is 48.5 Å². The topological polar surface area (TPSA) is 26.0 Å². The summed E-state index contributed by atoms with van der Waals surface area (Å²) in [5.74, 6) is 0. The molecule has 0 heterocycles. The molecule has 0 aliphatic heterocycles. The first-order valence-corrected chi connectivity index (χ1v) is 6.64. The predicted molar refractivity (Wildman–Crippen MR) is 76.6 cm³/mol. The Morgan fingerprint density at radius 3 is 2.11 bits per heavy atom. The molecule has 100 valence electrons. The SMILES string of the molecule is NC(c1ccc(C(F)(F)F)cc1)c1cccc(I)c1. The fourth-order valence-corrected chi connectivity index (χ4v) is 2.34. The normalized spacial score (nSPS) is 13.3. The van der Waals surface area contributed by atoms with E-state index in [0.717, 1.165) is 21.3 Å². The van der Waals surface area contributed by atoms with Gasteiger partial charge in [-0.25, -0.2) is 0 Å². The molecule has 0 saturated carbocycles. The molecule has 1 unspecified atom stereocenters. The molecule has 0 radical (unpaired) electrons. The summed E-state index contributed by atoms with van der Waals surface area (Å²) in [6.07, 6.45) is -4.31. The largest absolute Gasteiger partial charge is 0.416 e. The van der Waals surface area contributed by atoms with Gasteiger partial charge in [0.2, 0.25) is 0 Å². The number of rotatable bonds is 2. The van der Waals surface area contributed by atoms with Crippen LogP contribution >= 0.6 is 22.6 Å². The number of alkyl halides is 3. The van der Waals surface area contributed by atoms with Crippen LogP contribution in [0.2, 0.25) is 0 Å². The molecule has 1 nitrogen and oxygen atoms in total. The van der Waals surface area contributed by atoms with Crippen molar-refractivity contribution in [2.45, 2.75) is 12.2 Å². The summed E-state index contributed by atoms with van der Waals surface area (Å²) >= 11 is 2.17. The van der Waals surface area contributed by atoms with Crippen molar-refractivity contribution in [3.8, 4) is 0 Å². The number of hydrogen-bond donors (Lipinski definition) is 1. The number of nitrogens with two attached hydrogens (primary N) is 1. The third-order valence-corrected chi connectivity index (χ3v) is 3.48. The maximum atomic E-state index is 12.5.